The van der Waals surface area contributed by atoms with E-state index in [0.29, 0.717) is 6.54 Å². The molecule has 0 aliphatic rings. The molecule has 0 saturated heterocycles. The molecule has 1 amide bonds. The van der Waals surface area contributed by atoms with Crippen LogP contribution in [-0.2, 0) is 24.3 Å². The van der Waals surface area contributed by atoms with E-state index in [9.17, 15) is 9.18 Å². The molecular weight excluding hydrogens is 359 g/mol. The summed E-state index contributed by atoms with van der Waals surface area (Å²) in [6.45, 7) is 1.16. The number of carbonyl (C=O) groups excluding carboxylic acids is 1. The van der Waals surface area contributed by atoms with E-state index in [1.165, 1.54) is 28.8 Å². The van der Waals surface area contributed by atoms with Gasteiger partial charge in [0.1, 0.15) is 12.1 Å². The van der Waals surface area contributed by atoms with Crippen LogP contribution in [0.1, 0.15) is 10.4 Å². The fourth-order valence-electron chi connectivity index (χ4n) is 2.18. The topological polar surface area (TPSA) is 59.8 Å². The zero-order chi connectivity index (χ0) is 17.5. The number of hydrogen-bond donors (Lipinski definition) is 1. The highest BCUT2D eigenvalue weighted by atomic mass is 32.2. The van der Waals surface area contributed by atoms with E-state index in [0.717, 1.165) is 23.7 Å². The van der Waals surface area contributed by atoms with Gasteiger partial charge in [-0.2, -0.15) is 0 Å². The quantitative estimate of drug-likeness (QED) is 0.614. The molecule has 1 N–H and O–H groups in total. The maximum atomic E-state index is 12.8. The van der Waals surface area contributed by atoms with Gasteiger partial charge in [0.25, 0.3) is 0 Å². The second-order valence-corrected chi connectivity index (χ2v) is 7.30. The molecule has 0 spiro atoms. The van der Waals surface area contributed by atoms with Crippen molar-refractivity contribution in [3.05, 3.63) is 64.4 Å². The molecule has 0 aliphatic carbocycles. The average molecular weight is 376 g/mol. The second kappa shape index (κ2) is 8.77. The lowest BCUT2D eigenvalue weighted by Crippen LogP contribution is -2.24. The Labute approximate surface area is 153 Å². The molecule has 130 valence electrons. The minimum absolute atomic E-state index is 0.0952. The third-order valence-electron chi connectivity index (χ3n) is 3.49. The maximum Gasteiger partial charge on any atom is 0.230 e. The molecule has 0 fully saturated rings. The molecule has 3 rings (SSSR count). The number of thiophene rings is 1. The van der Waals surface area contributed by atoms with Crippen molar-refractivity contribution in [2.45, 2.75) is 24.7 Å². The molecule has 8 heteroatoms. The molecule has 3 aromatic rings. The highest BCUT2D eigenvalue weighted by molar-refractivity contribution is 7.99. The molecule has 0 aliphatic heterocycles. The zero-order valence-corrected chi connectivity index (χ0v) is 15.0. The zero-order valence-electron chi connectivity index (χ0n) is 13.4. The largest absolute Gasteiger partial charge is 0.351 e. The summed E-state index contributed by atoms with van der Waals surface area (Å²) in [6, 6.07) is 10.2. The summed E-state index contributed by atoms with van der Waals surface area (Å²) >= 11 is 3.08. The summed E-state index contributed by atoms with van der Waals surface area (Å²) in [4.78, 5) is 13.3. The van der Waals surface area contributed by atoms with Crippen molar-refractivity contribution in [1.82, 2.24) is 20.1 Å². The van der Waals surface area contributed by atoms with Crippen LogP contribution in [0.15, 0.2) is 53.3 Å². The smallest absolute Gasteiger partial charge is 0.230 e. The van der Waals surface area contributed by atoms with Gasteiger partial charge in [0.2, 0.25) is 5.91 Å². The van der Waals surface area contributed by atoms with Crippen LogP contribution in [0.25, 0.3) is 0 Å². The predicted octanol–water partition coefficient (Wildman–Crippen LogP) is 3.13. The van der Waals surface area contributed by atoms with Crippen LogP contribution >= 0.6 is 23.1 Å². The second-order valence-electron chi connectivity index (χ2n) is 5.33. The Morgan fingerprint density at radius 3 is 2.88 bits per heavy atom. The van der Waals surface area contributed by atoms with E-state index < -0.39 is 0 Å². The van der Waals surface area contributed by atoms with Gasteiger partial charge < -0.3 is 9.88 Å². The van der Waals surface area contributed by atoms with Crippen molar-refractivity contribution in [2.75, 3.05) is 5.75 Å². The van der Waals surface area contributed by atoms with Crippen LogP contribution < -0.4 is 5.32 Å². The first-order valence-electron chi connectivity index (χ1n) is 7.75. The number of carbonyl (C=O) groups is 1. The van der Waals surface area contributed by atoms with E-state index in [2.05, 4.69) is 27.0 Å². The van der Waals surface area contributed by atoms with Crippen LogP contribution in [0.3, 0.4) is 0 Å². The molecular formula is C17H17FN4OS2. The number of halogens is 1. The first kappa shape index (κ1) is 17.6. The summed E-state index contributed by atoms with van der Waals surface area (Å²) < 4.78 is 14.8. The lowest BCUT2D eigenvalue weighted by molar-refractivity contribution is -0.118. The van der Waals surface area contributed by atoms with E-state index in [1.54, 1.807) is 29.8 Å². The molecule has 0 atom stereocenters. The number of thioether (sulfide) groups is 1. The van der Waals surface area contributed by atoms with Crippen molar-refractivity contribution in [2.24, 2.45) is 0 Å². The summed E-state index contributed by atoms with van der Waals surface area (Å²) in [5.74, 6) is -0.117. The number of amides is 1. The highest BCUT2D eigenvalue weighted by Crippen LogP contribution is 2.16. The lowest BCUT2D eigenvalue weighted by atomic mass is 10.2. The van der Waals surface area contributed by atoms with E-state index in [4.69, 9.17) is 0 Å². The Morgan fingerprint density at radius 2 is 2.12 bits per heavy atom. The van der Waals surface area contributed by atoms with Crippen molar-refractivity contribution in [3.8, 4) is 0 Å². The van der Waals surface area contributed by atoms with Crippen LogP contribution in [0.2, 0.25) is 0 Å². The first-order valence-corrected chi connectivity index (χ1v) is 9.61. The fourth-order valence-corrected chi connectivity index (χ4v) is 3.65. The molecule has 2 heterocycles. The van der Waals surface area contributed by atoms with Gasteiger partial charge in [-0.3, -0.25) is 4.79 Å². The summed E-state index contributed by atoms with van der Waals surface area (Å²) in [5.41, 5.74) is 0.860. The number of hydrogen-bond acceptors (Lipinski definition) is 5. The van der Waals surface area contributed by atoms with Gasteiger partial charge in [0, 0.05) is 18.0 Å². The Balaban J connectivity index is 1.44. The minimum atomic E-state index is -0.285. The maximum absolute atomic E-state index is 12.8. The molecule has 0 radical (unpaired) electrons. The van der Waals surface area contributed by atoms with Gasteiger partial charge >= 0.3 is 0 Å². The van der Waals surface area contributed by atoms with Crippen LogP contribution in [-0.4, -0.2) is 26.4 Å². The van der Waals surface area contributed by atoms with Crippen LogP contribution in [0.4, 0.5) is 4.39 Å². The molecule has 2 aromatic heterocycles. The summed E-state index contributed by atoms with van der Waals surface area (Å²) in [5, 5.41) is 13.6. The standard InChI is InChI=1S/C17H17FN4OS2/c18-14-5-3-13(4-6-14)10-19-16(23)11-25-17-21-20-12-22(17)8-7-15-2-1-9-24-15/h1-6,9,12H,7-8,10-11H2,(H,19,23). The van der Waals surface area contributed by atoms with Gasteiger partial charge in [0.05, 0.1) is 5.75 Å². The SMILES string of the molecule is O=C(CSc1nncn1CCc1cccs1)NCc1ccc(F)cc1. The highest BCUT2D eigenvalue weighted by Gasteiger charge is 2.09. The monoisotopic (exact) mass is 376 g/mol. The molecule has 0 bridgehead atoms. The molecule has 25 heavy (non-hydrogen) atoms. The fraction of sp³-hybridized carbons (Fsp3) is 0.235. The Hall–Kier alpha value is -2.19. The molecule has 0 unspecified atom stereocenters. The number of aromatic nitrogens is 3. The van der Waals surface area contributed by atoms with E-state index in [1.807, 2.05) is 10.6 Å². The lowest BCUT2D eigenvalue weighted by Gasteiger charge is -2.07. The molecule has 0 saturated carbocycles. The number of nitrogens with one attached hydrogen (secondary N) is 1. The van der Waals surface area contributed by atoms with Crippen molar-refractivity contribution < 1.29 is 9.18 Å². The van der Waals surface area contributed by atoms with Crippen molar-refractivity contribution >= 4 is 29.0 Å². The number of aryl methyl sites for hydroxylation is 2. The number of benzene rings is 1. The number of nitrogens with zero attached hydrogens (tertiary/aromatic N) is 3. The van der Waals surface area contributed by atoms with E-state index >= 15 is 0 Å². The molecule has 5 nitrogen and oxygen atoms in total. The third-order valence-corrected chi connectivity index (χ3v) is 5.41. The van der Waals surface area contributed by atoms with Crippen LogP contribution in [0, 0.1) is 5.82 Å². The van der Waals surface area contributed by atoms with Gasteiger partial charge in [-0.1, -0.05) is 30.0 Å². The van der Waals surface area contributed by atoms with Gasteiger partial charge in [-0.15, -0.1) is 21.5 Å². The average Bonchev–Trinajstić information content (AvgIpc) is 3.29. The Kier molecular flexibility index (Phi) is 6.19. The summed E-state index contributed by atoms with van der Waals surface area (Å²) in [6.07, 6.45) is 2.60. The van der Waals surface area contributed by atoms with Gasteiger partial charge in [-0.25, -0.2) is 4.39 Å². The summed E-state index contributed by atoms with van der Waals surface area (Å²) in [7, 11) is 0. The van der Waals surface area contributed by atoms with Crippen molar-refractivity contribution in [1.29, 1.82) is 0 Å². The normalized spacial score (nSPS) is 10.8. The third kappa shape index (κ3) is 5.40. The first-order chi connectivity index (χ1) is 12.2. The minimum Gasteiger partial charge on any atom is -0.351 e. The molecule has 1 aromatic carbocycles. The number of rotatable bonds is 8. The van der Waals surface area contributed by atoms with Gasteiger partial charge in [-0.05, 0) is 35.6 Å². The Bertz CT molecular complexity index is 802. The predicted molar refractivity (Wildman–Crippen MR) is 97.0 cm³/mol. The van der Waals surface area contributed by atoms with E-state index in [-0.39, 0.29) is 17.5 Å². The Morgan fingerprint density at radius 1 is 1.28 bits per heavy atom. The van der Waals surface area contributed by atoms with Crippen LogP contribution in [0.5, 0.6) is 0 Å². The van der Waals surface area contributed by atoms with Crippen molar-refractivity contribution in [3.63, 3.8) is 0 Å². The van der Waals surface area contributed by atoms with Gasteiger partial charge in [0.15, 0.2) is 5.16 Å².